The van der Waals surface area contributed by atoms with E-state index in [9.17, 15) is 9.59 Å². The molecule has 0 saturated heterocycles. The molecule has 164 valence electrons. The Balaban J connectivity index is 1.42. The molecule has 3 aromatic heterocycles. The highest BCUT2D eigenvalue weighted by Gasteiger charge is 2.19. The normalized spacial score (nSPS) is 10.8. The van der Waals surface area contributed by atoms with E-state index in [1.165, 1.54) is 10.9 Å². The summed E-state index contributed by atoms with van der Waals surface area (Å²) >= 11 is 0. The third-order valence-corrected chi connectivity index (χ3v) is 5.06. The van der Waals surface area contributed by atoms with Crippen LogP contribution >= 0.6 is 0 Å². The molecule has 0 aliphatic carbocycles. The molecular formula is C23H24N6O3. The zero-order valence-electron chi connectivity index (χ0n) is 18.1. The first-order valence-corrected chi connectivity index (χ1v) is 10.1. The molecular weight excluding hydrogens is 408 g/mol. The smallest absolute Gasteiger partial charge is 0.272 e. The molecule has 1 aromatic carbocycles. The number of aryl methyl sites for hydroxylation is 3. The summed E-state index contributed by atoms with van der Waals surface area (Å²) in [6.45, 7) is 4.84. The van der Waals surface area contributed by atoms with Gasteiger partial charge >= 0.3 is 0 Å². The fourth-order valence-corrected chi connectivity index (χ4v) is 3.43. The van der Waals surface area contributed by atoms with Gasteiger partial charge in [0.05, 0.1) is 36.9 Å². The average Bonchev–Trinajstić information content (AvgIpc) is 3.48. The maximum Gasteiger partial charge on any atom is 0.272 e. The molecule has 0 aliphatic rings. The number of anilines is 1. The van der Waals surface area contributed by atoms with Crippen molar-refractivity contribution in [3.05, 3.63) is 88.9 Å². The van der Waals surface area contributed by atoms with E-state index in [2.05, 4.69) is 20.8 Å². The second kappa shape index (κ2) is 8.93. The number of hydrogen-bond donors (Lipinski definition) is 2. The molecule has 0 bridgehead atoms. The van der Waals surface area contributed by atoms with Gasteiger partial charge in [-0.25, -0.2) is 0 Å². The molecule has 32 heavy (non-hydrogen) atoms. The van der Waals surface area contributed by atoms with E-state index in [0.717, 1.165) is 17.0 Å². The number of nitrogens with zero attached hydrogens (tertiary/aromatic N) is 4. The molecule has 0 spiro atoms. The van der Waals surface area contributed by atoms with Crippen LogP contribution in [0.3, 0.4) is 0 Å². The number of hydrogen-bond acceptors (Lipinski definition) is 5. The van der Waals surface area contributed by atoms with Crippen molar-refractivity contribution < 1.29 is 14.0 Å². The van der Waals surface area contributed by atoms with Gasteiger partial charge in [-0.1, -0.05) is 12.1 Å². The molecule has 3 heterocycles. The zero-order valence-corrected chi connectivity index (χ0v) is 18.1. The topological polar surface area (TPSA) is 107 Å². The van der Waals surface area contributed by atoms with Crippen LogP contribution < -0.4 is 10.6 Å². The molecule has 2 amide bonds. The molecule has 9 nitrogen and oxygen atoms in total. The van der Waals surface area contributed by atoms with Gasteiger partial charge in [0, 0.05) is 18.3 Å². The van der Waals surface area contributed by atoms with Crippen LogP contribution in [-0.2, 0) is 20.1 Å². The molecule has 0 unspecified atom stereocenters. The summed E-state index contributed by atoms with van der Waals surface area (Å²) in [6.07, 6.45) is 3.00. The molecule has 4 aromatic rings. The van der Waals surface area contributed by atoms with Gasteiger partial charge < -0.3 is 15.1 Å². The monoisotopic (exact) mass is 432 g/mol. The third kappa shape index (κ3) is 4.61. The third-order valence-electron chi connectivity index (χ3n) is 5.06. The van der Waals surface area contributed by atoms with E-state index >= 15 is 0 Å². The Bertz CT molecular complexity index is 1240. The minimum atomic E-state index is -0.364. The number of furan rings is 1. The van der Waals surface area contributed by atoms with Gasteiger partial charge in [-0.2, -0.15) is 10.2 Å². The minimum Gasteiger partial charge on any atom is -0.467 e. The Kier molecular flexibility index (Phi) is 5.89. The lowest BCUT2D eigenvalue weighted by Crippen LogP contribution is -2.26. The van der Waals surface area contributed by atoms with E-state index in [4.69, 9.17) is 4.42 Å². The van der Waals surface area contributed by atoms with Crippen LogP contribution in [0.5, 0.6) is 0 Å². The average molecular weight is 432 g/mol. The van der Waals surface area contributed by atoms with Crippen LogP contribution in [0.15, 0.2) is 59.3 Å². The number of nitrogens with one attached hydrogen (secondary N) is 2. The molecule has 0 radical (unpaired) electrons. The van der Waals surface area contributed by atoms with Gasteiger partial charge in [0.25, 0.3) is 11.8 Å². The van der Waals surface area contributed by atoms with Crippen LogP contribution in [-0.4, -0.2) is 31.4 Å². The fraction of sp³-hybridized carbons (Fsp3) is 0.217. The molecule has 0 saturated carbocycles. The minimum absolute atomic E-state index is 0.237. The van der Waals surface area contributed by atoms with Crippen molar-refractivity contribution in [2.45, 2.75) is 26.9 Å². The predicted octanol–water partition coefficient (Wildman–Crippen LogP) is 3.06. The highest BCUT2D eigenvalue weighted by Crippen LogP contribution is 2.17. The Labute approximate surface area is 185 Å². The first-order valence-electron chi connectivity index (χ1n) is 10.1. The van der Waals surface area contributed by atoms with Crippen molar-refractivity contribution in [2.24, 2.45) is 7.05 Å². The first kappa shape index (κ1) is 21.1. The Morgan fingerprint density at radius 1 is 1.09 bits per heavy atom. The maximum absolute atomic E-state index is 12.8. The lowest BCUT2D eigenvalue weighted by atomic mass is 10.1. The number of amides is 2. The summed E-state index contributed by atoms with van der Waals surface area (Å²) in [5, 5.41) is 14.1. The number of carbonyl (C=O) groups excluding carboxylic acids is 2. The van der Waals surface area contributed by atoms with E-state index in [1.54, 1.807) is 37.6 Å². The van der Waals surface area contributed by atoms with Gasteiger partial charge in [-0.15, -0.1) is 0 Å². The summed E-state index contributed by atoms with van der Waals surface area (Å²) in [4.78, 5) is 25.4. The standard InChI is InChI=1S/C23H24N6O3/c1-15-11-16(2)29(27-15)14-17-6-8-18(9-7-17)22(30)26-20-13-25-28(3)21(20)23(31)24-12-19-5-4-10-32-19/h4-11,13H,12,14H2,1-3H3,(H,24,31)(H,26,30). The van der Waals surface area contributed by atoms with E-state index in [1.807, 2.05) is 36.7 Å². The van der Waals surface area contributed by atoms with Gasteiger partial charge in [0.2, 0.25) is 0 Å². The summed E-state index contributed by atoms with van der Waals surface area (Å²) in [7, 11) is 1.64. The van der Waals surface area contributed by atoms with Gasteiger partial charge in [-0.05, 0) is 49.7 Å². The van der Waals surface area contributed by atoms with Crippen molar-refractivity contribution in [3.8, 4) is 0 Å². The fourth-order valence-electron chi connectivity index (χ4n) is 3.43. The van der Waals surface area contributed by atoms with Crippen LogP contribution in [0.1, 0.15) is 43.6 Å². The van der Waals surface area contributed by atoms with Gasteiger partial charge in [-0.3, -0.25) is 19.0 Å². The molecule has 0 aliphatic heterocycles. The number of benzene rings is 1. The number of rotatable bonds is 7. The Morgan fingerprint density at radius 3 is 2.53 bits per heavy atom. The zero-order chi connectivity index (χ0) is 22.7. The van der Waals surface area contributed by atoms with Crippen molar-refractivity contribution in [1.29, 1.82) is 0 Å². The Hall–Kier alpha value is -4.14. The molecule has 9 heteroatoms. The quantitative estimate of drug-likeness (QED) is 0.467. The van der Waals surface area contributed by atoms with E-state index in [0.29, 0.717) is 23.6 Å². The van der Waals surface area contributed by atoms with Crippen LogP contribution in [0.4, 0.5) is 5.69 Å². The number of aromatic nitrogens is 4. The molecule has 2 N–H and O–H groups in total. The molecule has 0 fully saturated rings. The second-order valence-corrected chi connectivity index (χ2v) is 7.53. The molecule has 4 rings (SSSR count). The van der Waals surface area contributed by atoms with Crippen LogP contribution in [0.25, 0.3) is 0 Å². The maximum atomic E-state index is 12.8. The van der Waals surface area contributed by atoms with Crippen molar-refractivity contribution >= 4 is 17.5 Å². The predicted molar refractivity (Wildman–Crippen MR) is 118 cm³/mol. The van der Waals surface area contributed by atoms with Gasteiger partial charge in [0.1, 0.15) is 11.5 Å². The van der Waals surface area contributed by atoms with Crippen molar-refractivity contribution in [3.63, 3.8) is 0 Å². The lowest BCUT2D eigenvalue weighted by molar-refractivity contribution is 0.0939. The van der Waals surface area contributed by atoms with Crippen molar-refractivity contribution in [1.82, 2.24) is 24.9 Å². The van der Waals surface area contributed by atoms with Crippen molar-refractivity contribution in [2.75, 3.05) is 5.32 Å². The summed E-state index contributed by atoms with van der Waals surface area (Å²) in [5.41, 5.74) is 4.16. The summed E-state index contributed by atoms with van der Waals surface area (Å²) in [5.74, 6) is -0.0562. The highest BCUT2D eigenvalue weighted by atomic mass is 16.3. The molecule has 0 atom stereocenters. The highest BCUT2D eigenvalue weighted by molar-refractivity contribution is 6.08. The lowest BCUT2D eigenvalue weighted by Gasteiger charge is -2.09. The largest absolute Gasteiger partial charge is 0.467 e. The summed E-state index contributed by atoms with van der Waals surface area (Å²) in [6, 6.07) is 12.8. The SMILES string of the molecule is Cc1cc(C)n(Cc2ccc(C(=O)Nc3cnn(C)c3C(=O)NCc3ccco3)cc2)n1. The van der Waals surface area contributed by atoms with Crippen LogP contribution in [0, 0.1) is 13.8 Å². The van der Waals surface area contributed by atoms with Gasteiger partial charge in [0.15, 0.2) is 0 Å². The second-order valence-electron chi connectivity index (χ2n) is 7.53. The first-order chi connectivity index (χ1) is 15.4. The van der Waals surface area contributed by atoms with E-state index in [-0.39, 0.29) is 24.1 Å². The summed E-state index contributed by atoms with van der Waals surface area (Å²) < 4.78 is 8.57. The Morgan fingerprint density at radius 2 is 1.88 bits per heavy atom. The van der Waals surface area contributed by atoms with Crippen LogP contribution in [0.2, 0.25) is 0 Å². The van der Waals surface area contributed by atoms with E-state index < -0.39 is 0 Å². The number of carbonyl (C=O) groups is 2.